The number of nitrogens with zero attached hydrogens (tertiary/aromatic N) is 2. The Hall–Kier alpha value is -2.32. The predicted molar refractivity (Wildman–Crippen MR) is 85.2 cm³/mol. The van der Waals surface area contributed by atoms with Crippen LogP contribution in [0, 0.1) is 12.3 Å². The number of rotatable bonds is 4. The molecule has 0 aliphatic carbocycles. The van der Waals surface area contributed by atoms with Gasteiger partial charge in [-0.2, -0.15) is 0 Å². The molecule has 0 saturated carbocycles. The smallest absolute Gasteiger partial charge is 0.251 e. The van der Waals surface area contributed by atoms with E-state index in [1.54, 1.807) is 36.1 Å². The summed E-state index contributed by atoms with van der Waals surface area (Å²) in [5.74, 6) is 2.33. The van der Waals surface area contributed by atoms with Crippen LogP contribution in [0.2, 0.25) is 0 Å². The van der Waals surface area contributed by atoms with Crippen LogP contribution >= 0.6 is 0 Å². The number of nitrogens with one attached hydrogen (secondary N) is 1. The van der Waals surface area contributed by atoms with Crippen molar-refractivity contribution in [2.75, 3.05) is 32.7 Å². The lowest BCUT2D eigenvalue weighted by Gasteiger charge is -2.35. The van der Waals surface area contributed by atoms with E-state index in [-0.39, 0.29) is 11.8 Å². The van der Waals surface area contributed by atoms with Crippen molar-refractivity contribution in [3.63, 3.8) is 0 Å². The van der Waals surface area contributed by atoms with E-state index < -0.39 is 6.04 Å². The second-order valence-corrected chi connectivity index (χ2v) is 5.37. The average molecular weight is 299 g/mol. The Labute approximate surface area is 131 Å². The summed E-state index contributed by atoms with van der Waals surface area (Å²) in [6.45, 7) is 5.17. The zero-order valence-corrected chi connectivity index (χ0v) is 12.8. The molecule has 1 atom stereocenters. The fourth-order valence-corrected chi connectivity index (χ4v) is 2.46. The largest absolute Gasteiger partial charge is 0.341 e. The maximum atomic E-state index is 12.4. The minimum atomic E-state index is -0.535. The molecule has 1 saturated heterocycles. The Morgan fingerprint density at radius 3 is 2.45 bits per heavy atom. The van der Waals surface area contributed by atoms with Crippen LogP contribution < -0.4 is 5.32 Å². The summed E-state index contributed by atoms with van der Waals surface area (Å²) in [4.78, 5) is 28.4. The highest BCUT2D eigenvalue weighted by Gasteiger charge is 2.25. The van der Waals surface area contributed by atoms with Gasteiger partial charge in [-0.3, -0.25) is 14.5 Å². The van der Waals surface area contributed by atoms with Gasteiger partial charge in [0.05, 0.1) is 6.54 Å². The van der Waals surface area contributed by atoms with Crippen molar-refractivity contribution in [2.24, 2.45) is 0 Å². The molecule has 1 fully saturated rings. The molecular formula is C17H21N3O2. The molecule has 0 spiro atoms. The molecule has 1 heterocycles. The molecule has 0 bridgehead atoms. The topological polar surface area (TPSA) is 52.6 Å². The first-order valence-corrected chi connectivity index (χ1v) is 7.42. The van der Waals surface area contributed by atoms with Crippen LogP contribution in [0.15, 0.2) is 30.3 Å². The number of terminal acetylenes is 1. The van der Waals surface area contributed by atoms with Crippen molar-refractivity contribution < 1.29 is 9.59 Å². The lowest BCUT2D eigenvalue weighted by atomic mass is 10.2. The van der Waals surface area contributed by atoms with Crippen molar-refractivity contribution in [1.82, 2.24) is 15.1 Å². The third kappa shape index (κ3) is 4.09. The number of benzene rings is 1. The number of carbonyl (C=O) groups excluding carboxylic acids is 2. The molecule has 1 unspecified atom stereocenters. The lowest BCUT2D eigenvalue weighted by Crippen LogP contribution is -2.54. The second-order valence-electron chi connectivity index (χ2n) is 5.37. The molecule has 1 aliphatic rings. The third-order valence-electron chi connectivity index (χ3n) is 3.75. The van der Waals surface area contributed by atoms with Gasteiger partial charge in [0.15, 0.2) is 0 Å². The van der Waals surface area contributed by atoms with Gasteiger partial charge >= 0.3 is 0 Å². The molecule has 1 aromatic rings. The van der Waals surface area contributed by atoms with Crippen LogP contribution in [0.5, 0.6) is 0 Å². The Balaban J connectivity index is 1.85. The highest BCUT2D eigenvalue weighted by Crippen LogP contribution is 2.05. The monoisotopic (exact) mass is 299 g/mol. The Morgan fingerprint density at radius 2 is 1.86 bits per heavy atom. The van der Waals surface area contributed by atoms with Gasteiger partial charge < -0.3 is 10.2 Å². The van der Waals surface area contributed by atoms with E-state index in [0.717, 1.165) is 13.1 Å². The maximum Gasteiger partial charge on any atom is 0.251 e. The van der Waals surface area contributed by atoms with Gasteiger partial charge in [0.25, 0.3) is 5.91 Å². The SMILES string of the molecule is C#CCN1CCN(C(=O)C(C)NC(=O)c2ccccc2)CC1. The molecule has 5 heteroatoms. The normalized spacial score (nSPS) is 16.6. The van der Waals surface area contributed by atoms with Crippen molar-refractivity contribution in [2.45, 2.75) is 13.0 Å². The fraction of sp³-hybridized carbons (Fsp3) is 0.412. The van der Waals surface area contributed by atoms with E-state index in [2.05, 4.69) is 16.1 Å². The van der Waals surface area contributed by atoms with E-state index in [0.29, 0.717) is 25.2 Å². The van der Waals surface area contributed by atoms with Crippen LogP contribution in [0.3, 0.4) is 0 Å². The maximum absolute atomic E-state index is 12.4. The Bertz CT molecular complexity index is 557. The molecular weight excluding hydrogens is 278 g/mol. The van der Waals surface area contributed by atoms with Gasteiger partial charge in [0.1, 0.15) is 6.04 Å². The highest BCUT2D eigenvalue weighted by atomic mass is 16.2. The predicted octanol–water partition coefficient (Wildman–Crippen LogP) is 0.582. The van der Waals surface area contributed by atoms with Crippen LogP contribution in [0.25, 0.3) is 0 Å². The van der Waals surface area contributed by atoms with E-state index in [9.17, 15) is 9.59 Å². The molecule has 1 aromatic carbocycles. The van der Waals surface area contributed by atoms with Gasteiger partial charge in [-0.1, -0.05) is 24.1 Å². The molecule has 22 heavy (non-hydrogen) atoms. The van der Waals surface area contributed by atoms with Crippen molar-refractivity contribution in [3.8, 4) is 12.3 Å². The average Bonchev–Trinajstić information content (AvgIpc) is 2.56. The quantitative estimate of drug-likeness (QED) is 0.828. The first kappa shape index (κ1) is 16.1. The molecule has 116 valence electrons. The Morgan fingerprint density at radius 1 is 1.23 bits per heavy atom. The summed E-state index contributed by atoms with van der Waals surface area (Å²) in [5.41, 5.74) is 0.556. The van der Waals surface area contributed by atoms with Crippen molar-refractivity contribution in [3.05, 3.63) is 35.9 Å². The number of piperazine rings is 1. The first-order valence-electron chi connectivity index (χ1n) is 7.42. The molecule has 2 rings (SSSR count). The summed E-state index contributed by atoms with van der Waals surface area (Å²) >= 11 is 0. The van der Waals surface area contributed by atoms with Crippen molar-refractivity contribution in [1.29, 1.82) is 0 Å². The van der Waals surface area contributed by atoms with E-state index in [1.165, 1.54) is 0 Å². The lowest BCUT2D eigenvalue weighted by molar-refractivity contribution is -0.134. The molecule has 2 amide bonds. The number of hydrogen-bond donors (Lipinski definition) is 1. The molecule has 0 aromatic heterocycles. The van der Waals surface area contributed by atoms with E-state index >= 15 is 0 Å². The van der Waals surface area contributed by atoms with Crippen LogP contribution in [0.1, 0.15) is 17.3 Å². The van der Waals surface area contributed by atoms with Gasteiger partial charge in [-0.15, -0.1) is 6.42 Å². The zero-order chi connectivity index (χ0) is 15.9. The molecule has 1 aliphatic heterocycles. The zero-order valence-electron chi connectivity index (χ0n) is 12.8. The van der Waals surface area contributed by atoms with Crippen LogP contribution in [-0.2, 0) is 4.79 Å². The standard InChI is InChI=1S/C17H21N3O2/c1-3-9-19-10-12-20(13-11-19)17(22)14(2)18-16(21)15-7-5-4-6-8-15/h1,4-8,14H,9-13H2,2H3,(H,18,21). The van der Waals surface area contributed by atoms with Crippen LogP contribution in [0.4, 0.5) is 0 Å². The second kappa shape index (κ2) is 7.62. The summed E-state index contributed by atoms with van der Waals surface area (Å²) in [6.07, 6.45) is 5.29. The van der Waals surface area contributed by atoms with Gasteiger partial charge in [-0.05, 0) is 19.1 Å². The molecule has 0 radical (unpaired) electrons. The molecule has 5 nitrogen and oxygen atoms in total. The van der Waals surface area contributed by atoms with Crippen LogP contribution in [-0.4, -0.2) is 60.4 Å². The minimum absolute atomic E-state index is 0.0513. The summed E-state index contributed by atoms with van der Waals surface area (Å²) in [5, 5.41) is 2.75. The van der Waals surface area contributed by atoms with Gasteiger partial charge in [-0.25, -0.2) is 0 Å². The third-order valence-corrected chi connectivity index (χ3v) is 3.75. The van der Waals surface area contributed by atoms with Gasteiger partial charge in [0.2, 0.25) is 5.91 Å². The number of carbonyl (C=O) groups is 2. The fourth-order valence-electron chi connectivity index (χ4n) is 2.46. The van der Waals surface area contributed by atoms with Crippen molar-refractivity contribution >= 4 is 11.8 Å². The van der Waals surface area contributed by atoms with E-state index in [1.807, 2.05) is 6.07 Å². The molecule has 1 N–H and O–H groups in total. The summed E-state index contributed by atoms with van der Waals surface area (Å²) in [6, 6.07) is 8.36. The number of amides is 2. The number of hydrogen-bond acceptors (Lipinski definition) is 3. The first-order chi connectivity index (χ1) is 10.6. The minimum Gasteiger partial charge on any atom is -0.341 e. The Kier molecular flexibility index (Phi) is 5.56. The summed E-state index contributed by atoms with van der Waals surface area (Å²) < 4.78 is 0. The van der Waals surface area contributed by atoms with E-state index in [4.69, 9.17) is 6.42 Å². The van der Waals surface area contributed by atoms with Gasteiger partial charge in [0, 0.05) is 31.7 Å². The highest BCUT2D eigenvalue weighted by molar-refractivity contribution is 5.97. The summed E-state index contributed by atoms with van der Waals surface area (Å²) in [7, 11) is 0.